The van der Waals surface area contributed by atoms with Crippen molar-refractivity contribution in [3.05, 3.63) is 46.7 Å². The van der Waals surface area contributed by atoms with Crippen LogP contribution in [-0.2, 0) is 14.4 Å². The lowest BCUT2D eigenvalue weighted by molar-refractivity contribution is -0.137. The Morgan fingerprint density at radius 3 is 2.48 bits per heavy atom. The molecule has 23 heavy (non-hydrogen) atoms. The van der Waals surface area contributed by atoms with Crippen LogP contribution in [0.5, 0.6) is 0 Å². The first-order valence-electron chi connectivity index (χ1n) is 7.04. The lowest BCUT2D eigenvalue weighted by atomic mass is 9.98. The third-order valence-corrected chi connectivity index (χ3v) is 4.05. The van der Waals surface area contributed by atoms with Gasteiger partial charge in [0.15, 0.2) is 5.72 Å². The first-order valence-corrected chi connectivity index (χ1v) is 7.04. The molecule has 0 bridgehead atoms. The minimum absolute atomic E-state index is 0.0254. The van der Waals surface area contributed by atoms with E-state index in [4.69, 9.17) is 5.11 Å². The van der Waals surface area contributed by atoms with Gasteiger partial charge in [0.25, 0.3) is 5.91 Å². The van der Waals surface area contributed by atoms with Crippen LogP contribution >= 0.6 is 0 Å². The van der Waals surface area contributed by atoms with Gasteiger partial charge in [-0.05, 0) is 37.5 Å². The maximum absolute atomic E-state index is 12.0. The molecule has 0 aromatic carbocycles. The van der Waals surface area contributed by atoms with E-state index in [1.165, 1.54) is 12.2 Å². The molecular formula is C16H18N2O5. The summed E-state index contributed by atoms with van der Waals surface area (Å²) in [4.78, 5) is 34.4. The van der Waals surface area contributed by atoms with E-state index in [9.17, 15) is 19.5 Å². The van der Waals surface area contributed by atoms with Crippen molar-refractivity contribution in [3.8, 4) is 0 Å². The largest absolute Gasteiger partial charge is 0.481 e. The number of amides is 2. The molecule has 0 aromatic heterocycles. The number of carbonyl (C=O) groups is 3. The molecule has 2 aliphatic heterocycles. The van der Waals surface area contributed by atoms with Crippen molar-refractivity contribution >= 4 is 17.8 Å². The van der Waals surface area contributed by atoms with Gasteiger partial charge in [-0.2, -0.15) is 0 Å². The summed E-state index contributed by atoms with van der Waals surface area (Å²) < 4.78 is 0. The van der Waals surface area contributed by atoms with Gasteiger partial charge in [0.2, 0.25) is 5.91 Å². The van der Waals surface area contributed by atoms with Crippen LogP contribution < -0.4 is 10.6 Å². The summed E-state index contributed by atoms with van der Waals surface area (Å²) in [5.74, 6) is -1.87. The Labute approximate surface area is 133 Å². The van der Waals surface area contributed by atoms with Gasteiger partial charge in [0.05, 0.1) is 0 Å². The minimum Gasteiger partial charge on any atom is -0.481 e. The molecule has 0 spiro atoms. The Balaban J connectivity index is 2.36. The Bertz CT molecular complexity index is 714. The highest BCUT2D eigenvalue weighted by Gasteiger charge is 2.40. The second-order valence-electron chi connectivity index (χ2n) is 5.47. The van der Waals surface area contributed by atoms with Gasteiger partial charge in [-0.1, -0.05) is 12.7 Å². The molecule has 2 heterocycles. The summed E-state index contributed by atoms with van der Waals surface area (Å²) >= 11 is 0. The highest BCUT2D eigenvalue weighted by atomic mass is 16.4. The number of hydrogen-bond acceptors (Lipinski definition) is 4. The highest BCUT2D eigenvalue weighted by molar-refractivity contribution is 6.03. The van der Waals surface area contributed by atoms with Crippen LogP contribution in [0.4, 0.5) is 0 Å². The number of carboxylic acid groups (broad SMARTS) is 1. The van der Waals surface area contributed by atoms with Crippen LogP contribution in [0.25, 0.3) is 0 Å². The molecule has 0 aliphatic carbocycles. The van der Waals surface area contributed by atoms with Crippen molar-refractivity contribution < 1.29 is 24.6 Å². The predicted molar refractivity (Wildman–Crippen MR) is 81.8 cm³/mol. The van der Waals surface area contributed by atoms with Gasteiger partial charge in [0.1, 0.15) is 0 Å². The fourth-order valence-electron chi connectivity index (χ4n) is 2.62. The predicted octanol–water partition coefficient (Wildman–Crippen LogP) is 0.502. The lowest BCUT2D eigenvalue weighted by Crippen LogP contribution is -2.43. The van der Waals surface area contributed by atoms with E-state index < -0.39 is 17.6 Å². The number of nitrogens with one attached hydrogen (secondary N) is 2. The number of aliphatic hydroxyl groups is 1. The number of hydrogen-bond donors (Lipinski definition) is 4. The summed E-state index contributed by atoms with van der Waals surface area (Å²) in [6.45, 7) is 6.82. The Kier molecular flexibility index (Phi) is 4.24. The normalized spacial score (nSPS) is 26.0. The van der Waals surface area contributed by atoms with Crippen molar-refractivity contribution in [2.45, 2.75) is 32.4 Å². The number of carbonyl (C=O) groups excluding carboxylic acids is 2. The SMILES string of the molecule is C=CC1=C(C)/C(=C\C2(O)NC(=O)C(CCC(=O)O)=C2C)NC1=O. The van der Waals surface area contributed by atoms with E-state index in [2.05, 4.69) is 17.2 Å². The van der Waals surface area contributed by atoms with Crippen molar-refractivity contribution in [2.24, 2.45) is 0 Å². The van der Waals surface area contributed by atoms with Crippen LogP contribution in [0.3, 0.4) is 0 Å². The Hall–Kier alpha value is -2.67. The van der Waals surface area contributed by atoms with E-state index in [0.717, 1.165) is 0 Å². The zero-order valence-electron chi connectivity index (χ0n) is 12.9. The summed E-state index contributed by atoms with van der Waals surface area (Å²) in [5.41, 5.74) is 0.195. The Morgan fingerprint density at radius 1 is 1.30 bits per heavy atom. The van der Waals surface area contributed by atoms with Crippen molar-refractivity contribution in [1.82, 2.24) is 10.6 Å². The van der Waals surface area contributed by atoms with Gasteiger partial charge in [-0.15, -0.1) is 0 Å². The number of allylic oxidation sites excluding steroid dienone is 1. The van der Waals surface area contributed by atoms with Gasteiger partial charge in [0, 0.05) is 23.3 Å². The fourth-order valence-corrected chi connectivity index (χ4v) is 2.62. The summed E-state index contributed by atoms with van der Waals surface area (Å²) in [5, 5.41) is 24.4. The molecule has 7 nitrogen and oxygen atoms in total. The fraction of sp³-hybridized carbons (Fsp3) is 0.312. The van der Waals surface area contributed by atoms with E-state index >= 15 is 0 Å². The van der Waals surface area contributed by atoms with Gasteiger partial charge >= 0.3 is 5.97 Å². The molecule has 2 aliphatic rings. The highest BCUT2D eigenvalue weighted by Crippen LogP contribution is 2.32. The average molecular weight is 318 g/mol. The number of rotatable bonds is 5. The molecule has 2 amide bonds. The first kappa shape index (κ1) is 16.7. The standard InChI is InChI=1S/C16H18N2O5/c1-4-10-8(2)12(17-14(10)21)7-16(23)9(3)11(15(22)18-16)5-6-13(19)20/h4,7,23H,1,5-6H2,2-3H3,(H,17,21)(H,18,22)(H,19,20)/b12-7+. The van der Waals surface area contributed by atoms with Gasteiger partial charge < -0.3 is 20.8 Å². The smallest absolute Gasteiger partial charge is 0.303 e. The summed E-state index contributed by atoms with van der Waals surface area (Å²) in [6, 6.07) is 0. The number of aliphatic carboxylic acids is 1. The molecule has 0 saturated heterocycles. The zero-order valence-corrected chi connectivity index (χ0v) is 12.9. The van der Waals surface area contributed by atoms with E-state index in [1.54, 1.807) is 13.8 Å². The quantitative estimate of drug-likeness (QED) is 0.589. The topological polar surface area (TPSA) is 116 Å². The van der Waals surface area contributed by atoms with Crippen LogP contribution in [0.1, 0.15) is 26.7 Å². The molecule has 2 rings (SSSR count). The van der Waals surface area contributed by atoms with Crippen LogP contribution in [0.2, 0.25) is 0 Å². The molecule has 4 N–H and O–H groups in total. The molecule has 1 unspecified atom stereocenters. The third-order valence-electron chi connectivity index (χ3n) is 4.05. The van der Waals surface area contributed by atoms with Crippen LogP contribution in [0.15, 0.2) is 46.7 Å². The maximum Gasteiger partial charge on any atom is 0.303 e. The maximum atomic E-state index is 12.0. The first-order chi connectivity index (χ1) is 10.7. The molecule has 0 saturated carbocycles. The monoisotopic (exact) mass is 318 g/mol. The second-order valence-corrected chi connectivity index (χ2v) is 5.47. The number of carboxylic acids is 1. The summed E-state index contributed by atoms with van der Waals surface area (Å²) in [7, 11) is 0. The molecular weight excluding hydrogens is 300 g/mol. The third kappa shape index (κ3) is 2.95. The molecule has 1 atom stereocenters. The average Bonchev–Trinajstić information content (AvgIpc) is 2.83. The van der Waals surface area contributed by atoms with Crippen molar-refractivity contribution in [3.63, 3.8) is 0 Å². The Morgan fingerprint density at radius 2 is 1.96 bits per heavy atom. The van der Waals surface area contributed by atoms with Gasteiger partial charge in [-0.3, -0.25) is 14.4 Å². The van der Waals surface area contributed by atoms with Gasteiger partial charge in [-0.25, -0.2) is 0 Å². The molecule has 0 aromatic rings. The minimum atomic E-state index is -1.76. The zero-order chi connectivity index (χ0) is 17.4. The van der Waals surface area contributed by atoms with E-state index in [0.29, 0.717) is 22.4 Å². The van der Waals surface area contributed by atoms with Crippen molar-refractivity contribution in [1.29, 1.82) is 0 Å². The molecule has 7 heteroatoms. The van der Waals surface area contributed by atoms with Crippen molar-refractivity contribution in [2.75, 3.05) is 0 Å². The van der Waals surface area contributed by atoms with Crippen LogP contribution in [0, 0.1) is 0 Å². The second kappa shape index (κ2) is 5.85. The van der Waals surface area contributed by atoms with Crippen LogP contribution in [-0.4, -0.2) is 33.7 Å². The summed E-state index contributed by atoms with van der Waals surface area (Å²) in [6.07, 6.45) is 2.59. The van der Waals surface area contributed by atoms with E-state index in [1.807, 2.05) is 0 Å². The molecule has 122 valence electrons. The molecule has 0 fully saturated rings. The van der Waals surface area contributed by atoms with E-state index in [-0.39, 0.29) is 24.3 Å². The lowest BCUT2D eigenvalue weighted by Gasteiger charge is -2.22. The molecule has 0 radical (unpaired) electrons.